The molecule has 27 heavy (non-hydrogen) atoms. The van der Waals surface area contributed by atoms with Crippen molar-refractivity contribution in [2.75, 3.05) is 17.6 Å². The van der Waals surface area contributed by atoms with E-state index in [0.717, 1.165) is 17.4 Å². The van der Waals surface area contributed by atoms with Gasteiger partial charge in [0.25, 0.3) is 0 Å². The molecule has 1 atom stereocenters. The molecule has 7 heteroatoms. The Morgan fingerprint density at radius 1 is 1.15 bits per heavy atom. The van der Waals surface area contributed by atoms with Crippen molar-refractivity contribution in [3.63, 3.8) is 0 Å². The van der Waals surface area contributed by atoms with Gasteiger partial charge in [-0.25, -0.2) is 8.42 Å². The van der Waals surface area contributed by atoms with Crippen LogP contribution in [-0.2, 0) is 21.4 Å². The van der Waals surface area contributed by atoms with Crippen LogP contribution in [0.4, 0.5) is 5.69 Å². The first-order valence-electron chi connectivity index (χ1n) is 8.69. The van der Waals surface area contributed by atoms with Crippen molar-refractivity contribution in [3.8, 4) is 0 Å². The topological polar surface area (TPSA) is 57.7 Å². The van der Waals surface area contributed by atoms with Crippen molar-refractivity contribution in [3.05, 3.63) is 64.7 Å². The maximum absolute atomic E-state index is 13.1. The number of benzene rings is 2. The number of anilines is 1. The SMILES string of the molecule is CCC(C(=O)N(C)Cc1ccccc1)N(c1ccc(C)c(Cl)c1)S(C)(=O)=O. The first kappa shape index (κ1) is 21.3. The van der Waals surface area contributed by atoms with Crippen LogP contribution < -0.4 is 4.31 Å². The van der Waals surface area contributed by atoms with Crippen LogP contribution >= 0.6 is 11.6 Å². The number of hydrogen-bond donors (Lipinski definition) is 0. The van der Waals surface area contributed by atoms with Gasteiger partial charge < -0.3 is 4.90 Å². The van der Waals surface area contributed by atoms with E-state index in [9.17, 15) is 13.2 Å². The Morgan fingerprint density at radius 3 is 2.30 bits per heavy atom. The average Bonchev–Trinajstić information content (AvgIpc) is 2.61. The molecule has 146 valence electrons. The van der Waals surface area contributed by atoms with Crippen molar-refractivity contribution in [1.29, 1.82) is 0 Å². The molecule has 0 saturated carbocycles. The summed E-state index contributed by atoms with van der Waals surface area (Å²) in [4.78, 5) is 14.6. The number of halogens is 1. The standard InChI is InChI=1S/C20H25ClN2O3S/c1-5-19(20(24)22(3)14-16-9-7-6-8-10-16)23(27(4,25)26)17-12-11-15(2)18(21)13-17/h6-13,19H,5,14H2,1-4H3. The lowest BCUT2D eigenvalue weighted by atomic mass is 10.1. The predicted octanol–water partition coefficient (Wildman–Crippen LogP) is 3.85. The molecule has 0 spiro atoms. The van der Waals surface area contributed by atoms with Crippen LogP contribution in [0.15, 0.2) is 48.5 Å². The number of amides is 1. The van der Waals surface area contributed by atoms with Gasteiger partial charge in [0.15, 0.2) is 0 Å². The molecule has 2 aromatic carbocycles. The van der Waals surface area contributed by atoms with E-state index in [4.69, 9.17) is 11.6 Å². The molecule has 0 aromatic heterocycles. The number of likely N-dealkylation sites (N-methyl/N-ethyl adjacent to an activating group) is 1. The second kappa shape index (κ2) is 8.76. The monoisotopic (exact) mass is 408 g/mol. The average molecular weight is 409 g/mol. The van der Waals surface area contributed by atoms with Crippen molar-refractivity contribution in [1.82, 2.24) is 4.90 Å². The van der Waals surface area contributed by atoms with Crippen LogP contribution in [0.3, 0.4) is 0 Å². The number of carbonyl (C=O) groups is 1. The van der Waals surface area contributed by atoms with Gasteiger partial charge in [-0.2, -0.15) is 0 Å². The zero-order chi connectivity index (χ0) is 20.2. The lowest BCUT2D eigenvalue weighted by molar-refractivity contribution is -0.131. The highest BCUT2D eigenvalue weighted by atomic mass is 35.5. The van der Waals surface area contributed by atoms with E-state index in [-0.39, 0.29) is 5.91 Å². The van der Waals surface area contributed by atoms with E-state index in [1.165, 1.54) is 4.31 Å². The maximum atomic E-state index is 13.1. The van der Waals surface area contributed by atoms with Crippen LogP contribution in [0.2, 0.25) is 5.02 Å². The highest BCUT2D eigenvalue weighted by Gasteiger charge is 2.33. The molecular formula is C20H25ClN2O3S. The minimum atomic E-state index is -3.68. The number of sulfonamides is 1. The molecule has 0 fully saturated rings. The highest BCUT2D eigenvalue weighted by Crippen LogP contribution is 2.28. The second-order valence-electron chi connectivity index (χ2n) is 6.60. The van der Waals surface area contributed by atoms with Gasteiger partial charge in [-0.15, -0.1) is 0 Å². The Hall–Kier alpha value is -2.05. The smallest absolute Gasteiger partial charge is 0.246 e. The Balaban J connectivity index is 2.36. The fraction of sp³-hybridized carbons (Fsp3) is 0.350. The summed E-state index contributed by atoms with van der Waals surface area (Å²) in [5.74, 6) is -0.261. The van der Waals surface area contributed by atoms with E-state index < -0.39 is 16.1 Å². The molecule has 2 aromatic rings. The summed E-state index contributed by atoms with van der Waals surface area (Å²) in [5, 5.41) is 0.459. The fourth-order valence-electron chi connectivity index (χ4n) is 2.95. The Bertz CT molecular complexity index is 901. The molecule has 0 heterocycles. The number of hydrogen-bond acceptors (Lipinski definition) is 3. The summed E-state index contributed by atoms with van der Waals surface area (Å²) in [5.41, 5.74) is 2.21. The normalized spacial score (nSPS) is 12.5. The van der Waals surface area contributed by atoms with Crippen molar-refractivity contribution in [2.24, 2.45) is 0 Å². The van der Waals surface area contributed by atoms with Gasteiger partial charge in [0, 0.05) is 18.6 Å². The van der Waals surface area contributed by atoms with Crippen LogP contribution in [-0.4, -0.2) is 38.6 Å². The van der Waals surface area contributed by atoms with Crippen LogP contribution in [0.1, 0.15) is 24.5 Å². The van der Waals surface area contributed by atoms with Crippen molar-refractivity contribution in [2.45, 2.75) is 32.9 Å². The fourth-order valence-corrected chi connectivity index (χ4v) is 4.32. The first-order valence-corrected chi connectivity index (χ1v) is 10.9. The van der Waals surface area contributed by atoms with Crippen molar-refractivity contribution >= 4 is 33.2 Å². The summed E-state index contributed by atoms with van der Waals surface area (Å²) in [6.07, 6.45) is 1.45. The number of carbonyl (C=O) groups excluding carboxylic acids is 1. The summed E-state index contributed by atoms with van der Waals surface area (Å²) in [7, 11) is -2.00. The van der Waals surface area contributed by atoms with E-state index in [0.29, 0.717) is 23.7 Å². The van der Waals surface area contributed by atoms with Gasteiger partial charge in [0.2, 0.25) is 15.9 Å². The van der Waals surface area contributed by atoms with E-state index >= 15 is 0 Å². The summed E-state index contributed by atoms with van der Waals surface area (Å²) >= 11 is 6.19. The second-order valence-corrected chi connectivity index (χ2v) is 8.86. The largest absolute Gasteiger partial charge is 0.340 e. The summed E-state index contributed by atoms with van der Waals surface area (Å²) < 4.78 is 26.2. The molecule has 0 radical (unpaired) electrons. The van der Waals surface area contributed by atoms with Gasteiger partial charge in [0.05, 0.1) is 11.9 Å². The third-order valence-corrected chi connectivity index (χ3v) is 5.95. The highest BCUT2D eigenvalue weighted by molar-refractivity contribution is 7.92. The molecule has 0 aliphatic rings. The molecule has 1 unspecified atom stereocenters. The zero-order valence-corrected chi connectivity index (χ0v) is 17.6. The van der Waals surface area contributed by atoms with Crippen LogP contribution in [0, 0.1) is 6.92 Å². The van der Waals surface area contributed by atoms with Gasteiger partial charge in [-0.3, -0.25) is 9.10 Å². The molecule has 0 aliphatic heterocycles. The zero-order valence-electron chi connectivity index (χ0n) is 16.0. The first-order chi connectivity index (χ1) is 12.6. The molecule has 0 bridgehead atoms. The lowest BCUT2D eigenvalue weighted by Gasteiger charge is -2.33. The quantitative estimate of drug-likeness (QED) is 0.699. The Labute approximate surface area is 166 Å². The predicted molar refractivity (Wildman–Crippen MR) is 111 cm³/mol. The Morgan fingerprint density at radius 2 is 1.78 bits per heavy atom. The van der Waals surface area contributed by atoms with Gasteiger partial charge in [-0.05, 0) is 36.6 Å². The number of rotatable bonds is 7. The third kappa shape index (κ3) is 5.23. The van der Waals surface area contributed by atoms with Gasteiger partial charge in [-0.1, -0.05) is 54.9 Å². The summed E-state index contributed by atoms with van der Waals surface area (Å²) in [6, 6.07) is 13.8. The minimum absolute atomic E-state index is 0.261. The minimum Gasteiger partial charge on any atom is -0.340 e. The van der Waals surface area contributed by atoms with E-state index in [2.05, 4.69) is 0 Å². The molecular weight excluding hydrogens is 384 g/mol. The summed E-state index contributed by atoms with van der Waals surface area (Å²) in [6.45, 7) is 4.04. The van der Waals surface area contributed by atoms with Gasteiger partial charge in [0.1, 0.15) is 6.04 Å². The maximum Gasteiger partial charge on any atom is 0.246 e. The van der Waals surface area contributed by atoms with Gasteiger partial charge >= 0.3 is 0 Å². The molecule has 0 saturated heterocycles. The Kier molecular flexibility index (Phi) is 6.89. The molecule has 0 aliphatic carbocycles. The van der Waals surface area contributed by atoms with Crippen LogP contribution in [0.5, 0.6) is 0 Å². The lowest BCUT2D eigenvalue weighted by Crippen LogP contribution is -2.49. The van der Waals surface area contributed by atoms with E-state index in [1.807, 2.05) is 37.3 Å². The van der Waals surface area contributed by atoms with E-state index in [1.54, 1.807) is 37.1 Å². The molecule has 2 rings (SSSR count). The third-order valence-electron chi connectivity index (χ3n) is 4.36. The van der Waals surface area contributed by atoms with Crippen molar-refractivity contribution < 1.29 is 13.2 Å². The molecule has 0 N–H and O–H groups in total. The molecule has 5 nitrogen and oxygen atoms in total. The number of aryl methyl sites for hydroxylation is 1. The van der Waals surface area contributed by atoms with Crippen LogP contribution in [0.25, 0.3) is 0 Å². The number of nitrogens with zero attached hydrogens (tertiary/aromatic N) is 2. The molecule has 1 amide bonds.